The lowest BCUT2D eigenvalue weighted by Crippen LogP contribution is -2.22. The average molecular weight is 301 g/mol. The van der Waals surface area contributed by atoms with Crippen LogP contribution in [0.1, 0.15) is 17.2 Å². The molecule has 0 aliphatic carbocycles. The van der Waals surface area contributed by atoms with Gasteiger partial charge in [0.05, 0.1) is 18.4 Å². The fraction of sp³-hybridized carbons (Fsp3) is 0.125. The number of hydrogen-bond donors (Lipinski definition) is 1. The third kappa shape index (κ3) is 3.53. The summed E-state index contributed by atoms with van der Waals surface area (Å²) in [5, 5.41) is 12.6. The number of halogens is 1. The molecule has 0 saturated heterocycles. The number of carbonyl (C=O) groups excluding carboxylic acids is 1. The lowest BCUT2D eigenvalue weighted by atomic mass is 10.1. The fourth-order valence-corrected chi connectivity index (χ4v) is 2.10. The Kier molecular flexibility index (Phi) is 4.81. The molecule has 0 aliphatic heterocycles. The van der Waals surface area contributed by atoms with Crippen LogP contribution in [0, 0.1) is 11.3 Å². The molecule has 0 spiro atoms. The number of carbonyl (C=O) groups is 1. The third-order valence-electron chi connectivity index (χ3n) is 2.97. The monoisotopic (exact) mass is 300 g/mol. The molecule has 0 fully saturated rings. The number of anilines is 1. The maximum atomic E-state index is 12.0. The normalized spacial score (nSPS) is 11.3. The standard InChI is InChI=1S/C16H13ClN2O2/c1-21-16(20)15(11-5-3-2-4-6-11)19-14-9-13(17)8-7-12(14)10-18/h2-9,15,19H,1H3. The number of nitrogens with zero attached hydrogens (tertiary/aromatic N) is 1. The van der Waals surface area contributed by atoms with Crippen LogP contribution in [0.4, 0.5) is 5.69 Å². The van der Waals surface area contributed by atoms with Crippen molar-refractivity contribution < 1.29 is 9.53 Å². The van der Waals surface area contributed by atoms with E-state index in [0.29, 0.717) is 16.3 Å². The van der Waals surface area contributed by atoms with E-state index in [1.807, 2.05) is 30.3 Å². The minimum atomic E-state index is -0.707. The fourth-order valence-electron chi connectivity index (χ4n) is 1.93. The highest BCUT2D eigenvalue weighted by molar-refractivity contribution is 6.30. The summed E-state index contributed by atoms with van der Waals surface area (Å²) in [6.07, 6.45) is 0. The van der Waals surface area contributed by atoms with Crippen LogP contribution < -0.4 is 5.32 Å². The van der Waals surface area contributed by atoms with Crippen molar-refractivity contribution in [1.82, 2.24) is 0 Å². The van der Waals surface area contributed by atoms with Crippen LogP contribution in [0.2, 0.25) is 5.02 Å². The zero-order valence-electron chi connectivity index (χ0n) is 11.3. The van der Waals surface area contributed by atoms with Crippen LogP contribution in [-0.4, -0.2) is 13.1 Å². The van der Waals surface area contributed by atoms with Crippen molar-refractivity contribution >= 4 is 23.3 Å². The largest absolute Gasteiger partial charge is 0.467 e. The van der Waals surface area contributed by atoms with Crippen molar-refractivity contribution in [3.05, 3.63) is 64.7 Å². The number of rotatable bonds is 4. The van der Waals surface area contributed by atoms with E-state index in [1.165, 1.54) is 7.11 Å². The van der Waals surface area contributed by atoms with Crippen LogP contribution in [0.3, 0.4) is 0 Å². The Bertz CT molecular complexity index is 680. The van der Waals surface area contributed by atoms with Gasteiger partial charge in [0.25, 0.3) is 0 Å². The lowest BCUT2D eigenvalue weighted by molar-refractivity contribution is -0.141. The number of nitrogens with one attached hydrogen (secondary N) is 1. The Hall–Kier alpha value is -2.51. The van der Waals surface area contributed by atoms with Gasteiger partial charge in [0.15, 0.2) is 6.04 Å². The molecule has 0 bridgehead atoms. The maximum absolute atomic E-state index is 12.0. The van der Waals surface area contributed by atoms with Gasteiger partial charge in [-0.1, -0.05) is 41.9 Å². The summed E-state index contributed by atoms with van der Waals surface area (Å²) < 4.78 is 4.83. The maximum Gasteiger partial charge on any atom is 0.332 e. The first-order valence-corrected chi connectivity index (χ1v) is 6.62. The van der Waals surface area contributed by atoms with E-state index in [2.05, 4.69) is 11.4 Å². The molecule has 2 rings (SSSR count). The average Bonchev–Trinajstić information content (AvgIpc) is 2.53. The number of benzene rings is 2. The van der Waals surface area contributed by atoms with E-state index in [-0.39, 0.29) is 0 Å². The van der Waals surface area contributed by atoms with Gasteiger partial charge in [0.1, 0.15) is 6.07 Å². The van der Waals surface area contributed by atoms with E-state index >= 15 is 0 Å². The molecule has 1 unspecified atom stereocenters. The van der Waals surface area contributed by atoms with E-state index < -0.39 is 12.0 Å². The summed E-state index contributed by atoms with van der Waals surface area (Å²) in [5.74, 6) is -0.440. The minimum absolute atomic E-state index is 0.407. The van der Waals surface area contributed by atoms with Crippen LogP contribution in [-0.2, 0) is 9.53 Å². The number of ether oxygens (including phenoxy) is 1. The lowest BCUT2D eigenvalue weighted by Gasteiger charge is -2.19. The Labute approximate surface area is 127 Å². The van der Waals surface area contributed by atoms with Crippen molar-refractivity contribution in [2.45, 2.75) is 6.04 Å². The Morgan fingerprint density at radius 3 is 2.62 bits per heavy atom. The van der Waals surface area contributed by atoms with Crippen molar-refractivity contribution in [3.8, 4) is 6.07 Å². The molecule has 1 N–H and O–H groups in total. The number of esters is 1. The third-order valence-corrected chi connectivity index (χ3v) is 3.21. The quantitative estimate of drug-likeness (QED) is 0.877. The Morgan fingerprint density at radius 1 is 1.29 bits per heavy atom. The van der Waals surface area contributed by atoms with Crippen LogP contribution in [0.5, 0.6) is 0 Å². The van der Waals surface area contributed by atoms with Crippen LogP contribution >= 0.6 is 11.6 Å². The Balaban J connectivity index is 2.39. The molecule has 0 aliphatic rings. The summed E-state index contributed by atoms with van der Waals surface area (Å²) in [6.45, 7) is 0. The van der Waals surface area contributed by atoms with E-state index in [9.17, 15) is 4.79 Å². The van der Waals surface area contributed by atoms with Gasteiger partial charge in [0, 0.05) is 5.02 Å². The van der Waals surface area contributed by atoms with Crippen molar-refractivity contribution in [2.75, 3.05) is 12.4 Å². The molecule has 2 aromatic rings. The molecule has 106 valence electrons. The highest BCUT2D eigenvalue weighted by Crippen LogP contribution is 2.26. The first kappa shape index (κ1) is 14.9. The van der Waals surface area contributed by atoms with E-state index in [4.69, 9.17) is 21.6 Å². The van der Waals surface area contributed by atoms with Crippen molar-refractivity contribution in [3.63, 3.8) is 0 Å². The molecular formula is C16H13ClN2O2. The first-order chi connectivity index (χ1) is 10.2. The van der Waals surface area contributed by atoms with Gasteiger partial charge in [-0.25, -0.2) is 4.79 Å². The van der Waals surface area contributed by atoms with Crippen LogP contribution in [0.15, 0.2) is 48.5 Å². The molecule has 0 amide bonds. The van der Waals surface area contributed by atoms with Gasteiger partial charge >= 0.3 is 5.97 Å². The second-order valence-corrected chi connectivity index (χ2v) is 4.75. The zero-order valence-corrected chi connectivity index (χ0v) is 12.1. The first-order valence-electron chi connectivity index (χ1n) is 6.24. The highest BCUT2D eigenvalue weighted by Gasteiger charge is 2.22. The molecule has 21 heavy (non-hydrogen) atoms. The van der Waals surface area contributed by atoms with Crippen molar-refractivity contribution in [2.24, 2.45) is 0 Å². The van der Waals surface area contributed by atoms with Gasteiger partial charge in [-0.15, -0.1) is 0 Å². The van der Waals surface area contributed by atoms with Gasteiger partial charge in [-0.3, -0.25) is 0 Å². The summed E-state index contributed by atoms with van der Waals surface area (Å²) in [7, 11) is 1.32. The smallest absolute Gasteiger partial charge is 0.332 e. The zero-order chi connectivity index (χ0) is 15.2. The molecule has 4 nitrogen and oxygen atoms in total. The summed E-state index contributed by atoms with van der Waals surface area (Å²) in [4.78, 5) is 12.0. The minimum Gasteiger partial charge on any atom is -0.467 e. The molecule has 5 heteroatoms. The summed E-state index contributed by atoms with van der Waals surface area (Å²) in [6, 6.07) is 15.3. The second kappa shape index (κ2) is 6.78. The predicted molar refractivity (Wildman–Crippen MR) is 81.0 cm³/mol. The molecule has 0 aromatic heterocycles. The van der Waals surface area contributed by atoms with Gasteiger partial charge in [-0.05, 0) is 23.8 Å². The van der Waals surface area contributed by atoms with Gasteiger partial charge in [-0.2, -0.15) is 5.26 Å². The molecular weight excluding hydrogens is 288 g/mol. The predicted octanol–water partition coefficient (Wildman–Crippen LogP) is 3.54. The van der Waals surface area contributed by atoms with Gasteiger partial charge in [0.2, 0.25) is 0 Å². The van der Waals surface area contributed by atoms with E-state index in [0.717, 1.165) is 5.56 Å². The summed E-state index contributed by atoms with van der Waals surface area (Å²) >= 11 is 5.95. The SMILES string of the molecule is COC(=O)C(Nc1cc(Cl)ccc1C#N)c1ccccc1. The molecule has 0 saturated carbocycles. The molecule has 1 atom stereocenters. The number of nitriles is 1. The summed E-state index contributed by atoms with van der Waals surface area (Å²) in [5.41, 5.74) is 1.64. The second-order valence-electron chi connectivity index (χ2n) is 4.31. The Morgan fingerprint density at radius 2 is 2.00 bits per heavy atom. The topological polar surface area (TPSA) is 62.1 Å². The molecule has 2 aromatic carbocycles. The number of hydrogen-bond acceptors (Lipinski definition) is 4. The number of methoxy groups -OCH3 is 1. The highest BCUT2D eigenvalue weighted by atomic mass is 35.5. The molecule has 0 heterocycles. The van der Waals surface area contributed by atoms with Crippen LogP contribution in [0.25, 0.3) is 0 Å². The molecule has 0 radical (unpaired) electrons. The van der Waals surface area contributed by atoms with Crippen molar-refractivity contribution in [1.29, 1.82) is 5.26 Å². The van der Waals surface area contributed by atoms with Gasteiger partial charge < -0.3 is 10.1 Å². The van der Waals surface area contributed by atoms with E-state index in [1.54, 1.807) is 18.2 Å².